The minimum Gasteiger partial charge on any atom is -0.444 e. The van der Waals surface area contributed by atoms with Gasteiger partial charge in [-0.05, 0) is 70.4 Å². The lowest BCUT2D eigenvalue weighted by Crippen LogP contribution is -2.53. The van der Waals surface area contributed by atoms with E-state index in [0.717, 1.165) is 19.3 Å². The maximum Gasteiger partial charge on any atom is 0.407 e. The highest BCUT2D eigenvalue weighted by atomic mass is 16.7. The zero-order valence-corrected chi connectivity index (χ0v) is 18.1. The van der Waals surface area contributed by atoms with Gasteiger partial charge in [-0.3, -0.25) is 9.59 Å². The summed E-state index contributed by atoms with van der Waals surface area (Å²) in [6, 6.07) is 6.36. The number of nitrogens with zero attached hydrogens (tertiary/aromatic N) is 1. The van der Waals surface area contributed by atoms with Gasteiger partial charge in [0.05, 0.1) is 17.0 Å². The lowest BCUT2D eigenvalue weighted by Gasteiger charge is -2.45. The molecule has 1 aromatic carbocycles. The Hall–Kier alpha value is -2.90. The molecule has 1 N–H and O–H groups in total. The Labute approximate surface area is 181 Å². The maximum atomic E-state index is 12.9. The zero-order valence-electron chi connectivity index (χ0n) is 18.1. The number of hydrogen-bond donors (Lipinski definition) is 1. The first kappa shape index (κ1) is 21.3. The summed E-state index contributed by atoms with van der Waals surface area (Å²) >= 11 is 0. The van der Waals surface area contributed by atoms with Crippen molar-refractivity contribution in [2.45, 2.75) is 64.5 Å². The molecule has 2 unspecified atom stereocenters. The molecule has 2 atom stereocenters. The quantitative estimate of drug-likeness (QED) is 0.740. The molecule has 1 heterocycles. The van der Waals surface area contributed by atoms with Gasteiger partial charge in [0.2, 0.25) is 0 Å². The lowest BCUT2D eigenvalue weighted by molar-refractivity contribution is -0.177. The van der Waals surface area contributed by atoms with Gasteiger partial charge in [0.1, 0.15) is 5.60 Å². The molecular weight excluding hydrogens is 400 g/mol. The summed E-state index contributed by atoms with van der Waals surface area (Å²) in [6.07, 6.45) is 3.48. The van der Waals surface area contributed by atoms with E-state index >= 15 is 0 Å². The van der Waals surface area contributed by atoms with Gasteiger partial charge in [0.15, 0.2) is 0 Å². The Balaban J connectivity index is 1.40. The maximum absolute atomic E-state index is 12.9. The fourth-order valence-corrected chi connectivity index (χ4v) is 5.03. The van der Waals surface area contributed by atoms with E-state index in [1.54, 1.807) is 24.3 Å². The summed E-state index contributed by atoms with van der Waals surface area (Å²) in [6.45, 7) is 5.46. The zero-order chi connectivity index (χ0) is 22.3. The minimum atomic E-state index is -0.616. The number of hydroxylamine groups is 2. The van der Waals surface area contributed by atoms with Crippen LogP contribution in [0.1, 0.15) is 73.6 Å². The van der Waals surface area contributed by atoms with Gasteiger partial charge >= 0.3 is 12.1 Å². The molecule has 3 amide bonds. The third-order valence-corrected chi connectivity index (χ3v) is 6.29. The van der Waals surface area contributed by atoms with Crippen molar-refractivity contribution in [2.24, 2.45) is 17.8 Å². The Morgan fingerprint density at radius 1 is 1.00 bits per heavy atom. The Morgan fingerprint density at radius 2 is 1.55 bits per heavy atom. The first-order valence-corrected chi connectivity index (χ1v) is 10.8. The van der Waals surface area contributed by atoms with Gasteiger partial charge in [-0.15, -0.1) is 0 Å². The second kappa shape index (κ2) is 7.98. The van der Waals surface area contributed by atoms with Gasteiger partial charge < -0.3 is 14.9 Å². The van der Waals surface area contributed by atoms with Crippen molar-refractivity contribution < 1.29 is 28.8 Å². The topological polar surface area (TPSA) is 102 Å². The SMILES string of the molecule is CC(C)(C)OC(=O)NC1C2CCCC1CC(C(=O)ON1C(=O)c3ccccc3C1=O)C2. The van der Waals surface area contributed by atoms with E-state index in [9.17, 15) is 19.2 Å². The van der Waals surface area contributed by atoms with Gasteiger partial charge in [0.25, 0.3) is 11.8 Å². The van der Waals surface area contributed by atoms with Crippen LogP contribution in [0, 0.1) is 17.8 Å². The summed E-state index contributed by atoms with van der Waals surface area (Å²) < 4.78 is 5.40. The molecule has 4 rings (SSSR count). The fourth-order valence-electron chi connectivity index (χ4n) is 5.03. The normalized spacial score (nSPS) is 27.5. The van der Waals surface area contributed by atoms with Crippen LogP contribution in [0.3, 0.4) is 0 Å². The highest BCUT2D eigenvalue weighted by Gasteiger charge is 2.46. The van der Waals surface area contributed by atoms with E-state index in [0.29, 0.717) is 17.9 Å². The summed E-state index contributed by atoms with van der Waals surface area (Å²) in [7, 11) is 0. The first-order chi connectivity index (χ1) is 14.6. The molecule has 1 aromatic rings. The average molecular weight is 428 g/mol. The van der Waals surface area contributed by atoms with Crippen molar-refractivity contribution >= 4 is 23.9 Å². The van der Waals surface area contributed by atoms with Crippen molar-refractivity contribution in [3.8, 4) is 0 Å². The molecule has 0 spiro atoms. The van der Waals surface area contributed by atoms with Crippen molar-refractivity contribution in [3.63, 3.8) is 0 Å². The number of benzene rings is 1. The number of fused-ring (bicyclic) bond motifs is 3. The van der Waals surface area contributed by atoms with Gasteiger partial charge in [0, 0.05) is 6.04 Å². The van der Waals surface area contributed by atoms with Crippen molar-refractivity contribution in [1.29, 1.82) is 0 Å². The van der Waals surface area contributed by atoms with Crippen LogP contribution in [0.4, 0.5) is 4.79 Å². The van der Waals surface area contributed by atoms with E-state index in [-0.39, 0.29) is 29.0 Å². The number of hydrogen-bond acceptors (Lipinski definition) is 6. The highest BCUT2D eigenvalue weighted by Crippen LogP contribution is 2.43. The Kier molecular flexibility index (Phi) is 5.49. The van der Waals surface area contributed by atoms with Gasteiger partial charge in [-0.25, -0.2) is 9.59 Å². The summed E-state index contributed by atoms with van der Waals surface area (Å²) in [5, 5.41) is 3.58. The number of nitrogens with one attached hydrogen (secondary N) is 1. The molecule has 1 aliphatic heterocycles. The fraction of sp³-hybridized carbons (Fsp3) is 0.565. The Morgan fingerprint density at radius 3 is 2.06 bits per heavy atom. The predicted molar refractivity (Wildman–Crippen MR) is 110 cm³/mol. The van der Waals surface area contributed by atoms with Crippen molar-refractivity contribution in [2.75, 3.05) is 0 Å². The first-order valence-electron chi connectivity index (χ1n) is 10.8. The van der Waals surface area contributed by atoms with E-state index in [1.165, 1.54) is 0 Å². The molecule has 31 heavy (non-hydrogen) atoms. The van der Waals surface area contributed by atoms with Crippen LogP contribution in [0.15, 0.2) is 24.3 Å². The third kappa shape index (κ3) is 4.29. The molecule has 0 aromatic heterocycles. The van der Waals surface area contributed by atoms with E-state index in [2.05, 4.69) is 5.32 Å². The molecule has 2 fully saturated rings. The number of imide groups is 1. The third-order valence-electron chi connectivity index (χ3n) is 6.29. The lowest BCUT2D eigenvalue weighted by atomic mass is 9.65. The van der Waals surface area contributed by atoms with E-state index in [1.807, 2.05) is 20.8 Å². The summed E-state index contributed by atoms with van der Waals surface area (Å²) in [5.41, 5.74) is -0.100. The number of carbonyl (C=O) groups is 4. The second-order valence-corrected chi connectivity index (χ2v) is 9.65. The monoisotopic (exact) mass is 428 g/mol. The molecular formula is C23H28N2O6. The second-order valence-electron chi connectivity index (χ2n) is 9.65. The number of ether oxygens (including phenoxy) is 1. The van der Waals surface area contributed by atoms with Gasteiger partial charge in [-0.1, -0.05) is 23.6 Å². The molecule has 0 radical (unpaired) electrons. The summed E-state index contributed by atoms with van der Waals surface area (Å²) in [4.78, 5) is 55.4. The number of amides is 3. The van der Waals surface area contributed by atoms with Crippen LogP contribution in [0.5, 0.6) is 0 Å². The number of alkyl carbamates (subject to hydrolysis) is 1. The van der Waals surface area contributed by atoms with E-state index < -0.39 is 35.4 Å². The van der Waals surface area contributed by atoms with Gasteiger partial charge in [-0.2, -0.15) is 0 Å². The van der Waals surface area contributed by atoms with Crippen molar-refractivity contribution in [3.05, 3.63) is 35.4 Å². The molecule has 8 heteroatoms. The molecule has 8 nitrogen and oxygen atoms in total. The number of carbonyl (C=O) groups excluding carboxylic acids is 4. The molecule has 0 saturated heterocycles. The minimum absolute atomic E-state index is 0.0491. The smallest absolute Gasteiger partial charge is 0.407 e. The van der Waals surface area contributed by atoms with Crippen LogP contribution in [0.25, 0.3) is 0 Å². The van der Waals surface area contributed by atoms with E-state index in [4.69, 9.17) is 9.57 Å². The standard InChI is InChI=1S/C23H28N2O6/c1-23(2,3)30-22(29)24-18-13-7-6-8-14(18)12-15(11-13)21(28)31-25-19(26)16-9-4-5-10-17(16)20(25)27/h4-5,9-10,13-15,18H,6-8,11-12H2,1-3H3,(H,24,29). The van der Waals surface area contributed by atoms with Crippen LogP contribution < -0.4 is 5.32 Å². The van der Waals surface area contributed by atoms with Crippen LogP contribution in [-0.4, -0.2) is 40.6 Å². The van der Waals surface area contributed by atoms with Crippen molar-refractivity contribution in [1.82, 2.24) is 10.4 Å². The van der Waals surface area contributed by atoms with Crippen LogP contribution in [-0.2, 0) is 14.4 Å². The molecule has 3 aliphatic rings. The van der Waals surface area contributed by atoms with Crippen LogP contribution >= 0.6 is 0 Å². The predicted octanol–water partition coefficient (Wildman–Crippen LogP) is 3.46. The largest absolute Gasteiger partial charge is 0.444 e. The highest BCUT2D eigenvalue weighted by molar-refractivity contribution is 6.20. The number of rotatable bonds is 3. The average Bonchev–Trinajstić information content (AvgIpc) is 2.91. The molecule has 2 saturated carbocycles. The molecule has 2 bridgehead atoms. The molecule has 166 valence electrons. The Bertz CT molecular complexity index is 872. The molecule has 2 aliphatic carbocycles. The summed E-state index contributed by atoms with van der Waals surface area (Å²) in [5.74, 6) is -1.97. The van der Waals surface area contributed by atoms with Crippen LogP contribution in [0.2, 0.25) is 0 Å².